The van der Waals surface area contributed by atoms with E-state index in [1.165, 1.54) is 38.8 Å². The van der Waals surface area contributed by atoms with Crippen LogP contribution in [0.25, 0.3) is 0 Å². The molecular weight excluding hydrogens is 470 g/mol. The summed E-state index contributed by atoms with van der Waals surface area (Å²) in [6, 6.07) is 0. The van der Waals surface area contributed by atoms with E-state index in [9.17, 15) is 0 Å². The van der Waals surface area contributed by atoms with Gasteiger partial charge in [-0.25, -0.2) is 9.34 Å². The van der Waals surface area contributed by atoms with Gasteiger partial charge in [-0.05, 0) is 94.2 Å². The van der Waals surface area contributed by atoms with E-state index in [0.717, 1.165) is 39.5 Å². The summed E-state index contributed by atoms with van der Waals surface area (Å²) in [6.45, 7) is 25.9. The maximum absolute atomic E-state index is 6.35. The first-order valence-electron chi connectivity index (χ1n) is 13.1. The van der Waals surface area contributed by atoms with Gasteiger partial charge in [0.2, 0.25) is 0 Å². The minimum Gasteiger partial charge on any atom is -0.313 e. The topological polar surface area (TPSA) is 49.9 Å². The molecule has 4 aliphatic heterocycles. The molecular formula is C24H48N4O4P2. The van der Waals surface area contributed by atoms with Crippen LogP contribution in [-0.2, 0) is 18.1 Å². The van der Waals surface area contributed by atoms with Crippen molar-refractivity contribution in [3.05, 3.63) is 0 Å². The summed E-state index contributed by atoms with van der Waals surface area (Å²) in [7, 11) is -1.92. The Labute approximate surface area is 210 Å². The maximum Gasteiger partial charge on any atom is 0.261 e. The predicted molar refractivity (Wildman–Crippen MR) is 139 cm³/mol. The van der Waals surface area contributed by atoms with Crippen LogP contribution in [0.2, 0.25) is 0 Å². The van der Waals surface area contributed by atoms with E-state index in [0.29, 0.717) is 0 Å². The van der Waals surface area contributed by atoms with Crippen LogP contribution in [0.15, 0.2) is 0 Å². The van der Waals surface area contributed by atoms with Gasteiger partial charge in [0, 0.05) is 26.2 Å². The Hall–Kier alpha value is 0.540. The molecule has 34 heavy (non-hydrogen) atoms. The fourth-order valence-electron chi connectivity index (χ4n) is 4.49. The highest BCUT2D eigenvalue weighted by atomic mass is 31.2. The minimum atomic E-state index is -0.962. The number of hydrogen-bond acceptors (Lipinski definition) is 8. The zero-order chi connectivity index (χ0) is 24.8. The molecule has 0 atom stereocenters. The molecule has 0 amide bonds. The van der Waals surface area contributed by atoms with Crippen LogP contribution in [0, 0.1) is 0 Å². The Morgan fingerprint density at radius 2 is 0.853 bits per heavy atom. The first kappa shape index (κ1) is 27.6. The monoisotopic (exact) mass is 518 g/mol. The largest absolute Gasteiger partial charge is 0.313 e. The lowest BCUT2D eigenvalue weighted by Gasteiger charge is -2.38. The van der Waals surface area contributed by atoms with Crippen molar-refractivity contribution in [2.45, 2.75) is 103 Å². The van der Waals surface area contributed by atoms with Crippen molar-refractivity contribution in [3.8, 4) is 0 Å². The van der Waals surface area contributed by atoms with Gasteiger partial charge in [0.05, 0.1) is 35.7 Å². The third-order valence-electron chi connectivity index (χ3n) is 8.29. The molecule has 198 valence electrons. The molecule has 0 spiro atoms. The summed E-state index contributed by atoms with van der Waals surface area (Å²) in [5.74, 6) is 0. The van der Waals surface area contributed by atoms with Gasteiger partial charge >= 0.3 is 0 Å². The van der Waals surface area contributed by atoms with E-state index in [1.807, 2.05) is 0 Å². The van der Waals surface area contributed by atoms with Crippen molar-refractivity contribution in [2.24, 2.45) is 0 Å². The highest BCUT2D eigenvalue weighted by Gasteiger charge is 2.53. The van der Waals surface area contributed by atoms with Crippen LogP contribution in [-0.4, -0.2) is 94.2 Å². The quantitative estimate of drug-likeness (QED) is 0.330. The molecule has 8 nitrogen and oxygen atoms in total. The summed E-state index contributed by atoms with van der Waals surface area (Å²) >= 11 is 0. The van der Waals surface area contributed by atoms with E-state index >= 15 is 0 Å². The SMILES string of the molecule is CC1(C)OP(N2CCCN(CCCCN3CCCN(P4OC(C)(C)C(C)(C)O4)C3)C2)OC1(C)C. The van der Waals surface area contributed by atoms with Crippen molar-refractivity contribution < 1.29 is 18.1 Å². The molecule has 4 aliphatic rings. The van der Waals surface area contributed by atoms with Gasteiger partial charge in [0.15, 0.2) is 0 Å². The molecule has 0 aromatic heterocycles. The first-order chi connectivity index (χ1) is 15.8. The zero-order valence-electron chi connectivity index (χ0n) is 22.8. The average molecular weight is 519 g/mol. The molecule has 0 aliphatic carbocycles. The molecule has 0 aromatic carbocycles. The Kier molecular flexibility index (Phi) is 8.40. The third-order valence-corrected chi connectivity index (χ3v) is 12.3. The highest BCUT2D eigenvalue weighted by Crippen LogP contribution is 2.61. The first-order valence-corrected chi connectivity index (χ1v) is 15.4. The lowest BCUT2D eigenvalue weighted by molar-refractivity contribution is 0.00578. The van der Waals surface area contributed by atoms with Gasteiger partial charge in [-0.3, -0.25) is 9.80 Å². The average Bonchev–Trinajstić information content (AvgIpc) is 3.11. The number of unbranched alkanes of at least 4 members (excludes halogenated alkanes) is 1. The minimum absolute atomic E-state index is 0.245. The highest BCUT2D eigenvalue weighted by molar-refractivity contribution is 7.45. The Balaban J connectivity index is 1.17. The fraction of sp³-hybridized carbons (Fsp3) is 1.00. The summed E-state index contributed by atoms with van der Waals surface area (Å²) in [5, 5.41) is 0. The van der Waals surface area contributed by atoms with E-state index in [-0.39, 0.29) is 22.4 Å². The fourth-order valence-corrected chi connectivity index (χ4v) is 8.64. The van der Waals surface area contributed by atoms with Gasteiger partial charge in [0.1, 0.15) is 0 Å². The van der Waals surface area contributed by atoms with Gasteiger partial charge < -0.3 is 18.1 Å². The van der Waals surface area contributed by atoms with E-state index in [2.05, 4.69) is 74.5 Å². The van der Waals surface area contributed by atoms with Crippen LogP contribution in [0.1, 0.15) is 81.1 Å². The molecule has 4 heterocycles. The van der Waals surface area contributed by atoms with Gasteiger partial charge in [-0.1, -0.05) is 0 Å². The van der Waals surface area contributed by atoms with Crippen LogP contribution in [0.3, 0.4) is 0 Å². The number of hydrogen-bond donors (Lipinski definition) is 0. The Bertz CT molecular complexity index is 618. The lowest BCUT2D eigenvalue weighted by atomic mass is 9.90. The number of rotatable bonds is 7. The van der Waals surface area contributed by atoms with Crippen molar-refractivity contribution in [1.82, 2.24) is 19.1 Å². The van der Waals surface area contributed by atoms with Gasteiger partial charge in [-0.15, -0.1) is 0 Å². The van der Waals surface area contributed by atoms with Crippen molar-refractivity contribution in [3.63, 3.8) is 0 Å². The van der Waals surface area contributed by atoms with E-state index in [4.69, 9.17) is 18.1 Å². The predicted octanol–water partition coefficient (Wildman–Crippen LogP) is 5.36. The second kappa shape index (κ2) is 10.4. The third kappa shape index (κ3) is 5.99. The Morgan fingerprint density at radius 1 is 0.529 bits per heavy atom. The van der Waals surface area contributed by atoms with Crippen LogP contribution in [0.4, 0.5) is 0 Å². The smallest absolute Gasteiger partial charge is 0.261 e. The summed E-state index contributed by atoms with van der Waals surface area (Å²) in [5.41, 5.74) is -0.981. The molecule has 0 bridgehead atoms. The van der Waals surface area contributed by atoms with Crippen LogP contribution in [0.5, 0.6) is 0 Å². The second-order valence-electron chi connectivity index (χ2n) is 12.3. The molecule has 0 N–H and O–H groups in total. The lowest BCUT2D eigenvalue weighted by Crippen LogP contribution is -2.44. The molecule has 0 unspecified atom stereocenters. The zero-order valence-corrected chi connectivity index (χ0v) is 24.6. The van der Waals surface area contributed by atoms with Crippen molar-refractivity contribution in [2.75, 3.05) is 52.6 Å². The molecule has 4 saturated heterocycles. The molecule has 0 radical (unpaired) electrons. The molecule has 0 saturated carbocycles. The van der Waals surface area contributed by atoms with Crippen LogP contribution < -0.4 is 0 Å². The Morgan fingerprint density at radius 3 is 1.18 bits per heavy atom. The second-order valence-corrected chi connectivity index (χ2v) is 15.1. The maximum atomic E-state index is 6.35. The van der Waals surface area contributed by atoms with Crippen molar-refractivity contribution in [1.29, 1.82) is 0 Å². The molecule has 0 aromatic rings. The van der Waals surface area contributed by atoms with Crippen molar-refractivity contribution >= 4 is 17.1 Å². The van der Waals surface area contributed by atoms with E-state index in [1.54, 1.807) is 0 Å². The summed E-state index contributed by atoms with van der Waals surface area (Å²) < 4.78 is 30.2. The standard InChI is InChI=1S/C24H48N4O4P2/c1-21(2)22(3,4)30-33(29-21)27-17-11-15-25(19-27)13-9-10-14-26-16-12-18-28(20-26)34-31-23(5,6)24(7,8)32-34/h9-20H2,1-8H3. The molecule has 4 rings (SSSR count). The molecule has 4 fully saturated rings. The summed E-state index contributed by atoms with van der Waals surface area (Å²) in [4.78, 5) is 5.15. The van der Waals surface area contributed by atoms with Gasteiger partial charge in [0.25, 0.3) is 17.1 Å². The normalized spacial score (nSPS) is 31.4. The van der Waals surface area contributed by atoms with Crippen LogP contribution >= 0.6 is 17.1 Å². The van der Waals surface area contributed by atoms with E-state index < -0.39 is 17.1 Å². The number of nitrogens with zero attached hydrogens (tertiary/aromatic N) is 4. The molecule has 10 heteroatoms. The summed E-state index contributed by atoms with van der Waals surface area (Å²) in [6.07, 6.45) is 4.82. The van der Waals surface area contributed by atoms with Gasteiger partial charge in [-0.2, -0.15) is 0 Å².